The van der Waals surface area contributed by atoms with Crippen LogP contribution in [-0.2, 0) is 0 Å². The van der Waals surface area contributed by atoms with Gasteiger partial charge in [-0.1, -0.05) is 19.1 Å². The van der Waals surface area contributed by atoms with Gasteiger partial charge >= 0.3 is 0 Å². The first-order chi connectivity index (χ1) is 5.75. The average molecular weight is 165 g/mol. The molecule has 3 heteroatoms. The van der Waals surface area contributed by atoms with E-state index in [-0.39, 0.29) is 0 Å². The Labute approximate surface area is 72.9 Å². The maximum Gasteiger partial charge on any atom is 0.0746 e. The Kier molecular flexibility index (Phi) is 2.94. The smallest absolute Gasteiger partial charge is 0.0746 e. The van der Waals surface area contributed by atoms with E-state index in [0.29, 0.717) is 0 Å². The van der Waals surface area contributed by atoms with E-state index in [1.807, 2.05) is 24.3 Å². The molecule has 0 heterocycles. The van der Waals surface area contributed by atoms with Crippen molar-refractivity contribution in [3.8, 4) is 0 Å². The molecule has 0 fully saturated rings. The molecule has 0 saturated carbocycles. The number of hydrogen-bond acceptors (Lipinski definition) is 3. The molecular formula is C9H15N3. The van der Waals surface area contributed by atoms with Gasteiger partial charge in [0.1, 0.15) is 0 Å². The molecule has 0 amide bonds. The summed E-state index contributed by atoms with van der Waals surface area (Å²) in [5, 5.41) is 1.68. The summed E-state index contributed by atoms with van der Waals surface area (Å²) in [6.45, 7) is 2.91. The summed E-state index contributed by atoms with van der Waals surface area (Å²) >= 11 is 0. The first-order valence-electron chi connectivity index (χ1n) is 4.12. The number of hydrogen-bond donors (Lipinski definition) is 2. The molecule has 0 aliphatic rings. The topological polar surface area (TPSA) is 55.3 Å². The molecule has 0 saturated heterocycles. The third kappa shape index (κ3) is 1.89. The highest BCUT2D eigenvalue weighted by molar-refractivity contribution is 5.66. The second-order valence-electron chi connectivity index (χ2n) is 2.75. The molecule has 1 aromatic rings. The van der Waals surface area contributed by atoms with E-state index in [0.717, 1.165) is 24.3 Å². The lowest BCUT2D eigenvalue weighted by atomic mass is 10.2. The van der Waals surface area contributed by atoms with Crippen molar-refractivity contribution >= 4 is 11.4 Å². The molecule has 12 heavy (non-hydrogen) atoms. The van der Waals surface area contributed by atoms with Crippen molar-refractivity contribution in [3.05, 3.63) is 24.3 Å². The van der Waals surface area contributed by atoms with E-state index >= 15 is 0 Å². The normalized spacial score (nSPS) is 9.83. The zero-order valence-corrected chi connectivity index (χ0v) is 7.33. The van der Waals surface area contributed by atoms with Gasteiger partial charge in [0.25, 0.3) is 0 Å². The van der Waals surface area contributed by atoms with Crippen LogP contribution in [0.3, 0.4) is 0 Å². The van der Waals surface area contributed by atoms with Crippen LogP contribution in [0.5, 0.6) is 0 Å². The standard InChI is InChI=1S/C9H15N3/c1-2-7-12(11)9-6-4-3-5-8(9)10/h3-6H,2,7,10-11H2,1H3. The molecule has 0 aromatic heterocycles. The number of nitrogens with zero attached hydrogens (tertiary/aromatic N) is 1. The molecule has 0 bridgehead atoms. The molecule has 4 N–H and O–H groups in total. The summed E-state index contributed by atoms with van der Waals surface area (Å²) in [5.74, 6) is 5.76. The van der Waals surface area contributed by atoms with E-state index in [2.05, 4.69) is 6.92 Å². The molecule has 3 nitrogen and oxygen atoms in total. The fourth-order valence-corrected chi connectivity index (χ4v) is 1.11. The number of rotatable bonds is 3. The molecule has 66 valence electrons. The molecule has 0 aliphatic carbocycles. The van der Waals surface area contributed by atoms with Gasteiger partial charge in [0.15, 0.2) is 0 Å². The zero-order valence-electron chi connectivity index (χ0n) is 7.33. The maximum atomic E-state index is 5.76. The zero-order chi connectivity index (χ0) is 8.97. The van der Waals surface area contributed by atoms with Crippen LogP contribution >= 0.6 is 0 Å². The number of anilines is 2. The third-order valence-corrected chi connectivity index (χ3v) is 1.71. The Morgan fingerprint density at radius 1 is 1.33 bits per heavy atom. The van der Waals surface area contributed by atoms with Crippen molar-refractivity contribution in [1.29, 1.82) is 0 Å². The van der Waals surface area contributed by atoms with Crippen molar-refractivity contribution in [3.63, 3.8) is 0 Å². The SMILES string of the molecule is CCCN(N)c1ccccc1N. The quantitative estimate of drug-likeness (QED) is 0.404. The highest BCUT2D eigenvalue weighted by Gasteiger charge is 2.02. The highest BCUT2D eigenvalue weighted by atomic mass is 15.4. The van der Waals surface area contributed by atoms with Gasteiger partial charge in [-0.25, -0.2) is 5.84 Å². The fourth-order valence-electron chi connectivity index (χ4n) is 1.11. The van der Waals surface area contributed by atoms with Crippen LogP contribution in [0.4, 0.5) is 11.4 Å². The third-order valence-electron chi connectivity index (χ3n) is 1.71. The summed E-state index contributed by atoms with van der Waals surface area (Å²) in [6, 6.07) is 7.61. The number of nitrogen functional groups attached to an aromatic ring is 1. The monoisotopic (exact) mass is 165 g/mol. The second-order valence-corrected chi connectivity index (χ2v) is 2.75. The minimum Gasteiger partial charge on any atom is -0.397 e. The Morgan fingerprint density at radius 2 is 2.00 bits per heavy atom. The van der Waals surface area contributed by atoms with Crippen molar-refractivity contribution in [2.75, 3.05) is 17.3 Å². The Hall–Kier alpha value is -1.22. The summed E-state index contributed by atoms with van der Waals surface area (Å²) in [6.07, 6.45) is 1.02. The van der Waals surface area contributed by atoms with Gasteiger partial charge in [0.05, 0.1) is 11.4 Å². The van der Waals surface area contributed by atoms with Crippen LogP contribution in [0.1, 0.15) is 13.3 Å². The molecule has 0 radical (unpaired) electrons. The first kappa shape index (κ1) is 8.87. The molecule has 0 unspecified atom stereocenters. The van der Waals surface area contributed by atoms with Gasteiger partial charge < -0.3 is 10.7 Å². The average Bonchev–Trinajstić information content (AvgIpc) is 2.05. The maximum absolute atomic E-state index is 5.76. The minimum atomic E-state index is 0.730. The number of para-hydroxylation sites is 2. The van der Waals surface area contributed by atoms with Gasteiger partial charge in [-0.3, -0.25) is 0 Å². The molecule has 0 aliphatic heterocycles. The summed E-state index contributed by atoms with van der Waals surface area (Å²) < 4.78 is 0. The van der Waals surface area contributed by atoms with E-state index in [1.165, 1.54) is 0 Å². The van der Waals surface area contributed by atoms with E-state index < -0.39 is 0 Å². The van der Waals surface area contributed by atoms with Crippen LogP contribution in [0.15, 0.2) is 24.3 Å². The first-order valence-corrected chi connectivity index (χ1v) is 4.12. The van der Waals surface area contributed by atoms with E-state index in [9.17, 15) is 0 Å². The van der Waals surface area contributed by atoms with Crippen LogP contribution < -0.4 is 16.6 Å². The predicted octanol–water partition coefficient (Wildman–Crippen LogP) is 1.36. The summed E-state index contributed by atoms with van der Waals surface area (Å²) in [7, 11) is 0. The Bertz CT molecular complexity index is 247. The van der Waals surface area contributed by atoms with Crippen molar-refractivity contribution < 1.29 is 0 Å². The van der Waals surface area contributed by atoms with Gasteiger partial charge in [-0.15, -0.1) is 0 Å². The van der Waals surface area contributed by atoms with Gasteiger partial charge in [0, 0.05) is 6.54 Å². The van der Waals surface area contributed by atoms with Gasteiger partial charge in [-0.2, -0.15) is 0 Å². The van der Waals surface area contributed by atoms with Crippen LogP contribution in [0.2, 0.25) is 0 Å². The van der Waals surface area contributed by atoms with E-state index in [4.69, 9.17) is 11.6 Å². The molecule has 1 rings (SSSR count). The highest BCUT2D eigenvalue weighted by Crippen LogP contribution is 2.19. The molecule has 0 spiro atoms. The molecule has 0 atom stereocenters. The summed E-state index contributed by atoms with van der Waals surface area (Å²) in [5.41, 5.74) is 7.36. The minimum absolute atomic E-state index is 0.730. The fraction of sp³-hybridized carbons (Fsp3) is 0.333. The Morgan fingerprint density at radius 3 is 2.58 bits per heavy atom. The van der Waals surface area contributed by atoms with Crippen LogP contribution in [0.25, 0.3) is 0 Å². The second kappa shape index (κ2) is 3.97. The lowest BCUT2D eigenvalue weighted by Gasteiger charge is -2.19. The lowest BCUT2D eigenvalue weighted by Crippen LogP contribution is -2.32. The van der Waals surface area contributed by atoms with Crippen molar-refractivity contribution in [2.24, 2.45) is 5.84 Å². The van der Waals surface area contributed by atoms with Crippen molar-refractivity contribution in [2.45, 2.75) is 13.3 Å². The number of nitrogens with two attached hydrogens (primary N) is 2. The predicted molar refractivity (Wildman–Crippen MR) is 52.7 cm³/mol. The molecular weight excluding hydrogens is 150 g/mol. The largest absolute Gasteiger partial charge is 0.397 e. The Balaban J connectivity index is 2.79. The number of hydrazine groups is 1. The molecule has 1 aromatic carbocycles. The van der Waals surface area contributed by atoms with E-state index in [1.54, 1.807) is 5.01 Å². The van der Waals surface area contributed by atoms with Gasteiger partial charge in [-0.05, 0) is 18.6 Å². The lowest BCUT2D eigenvalue weighted by molar-refractivity contribution is 0.806. The van der Waals surface area contributed by atoms with Crippen molar-refractivity contribution in [1.82, 2.24) is 0 Å². The van der Waals surface area contributed by atoms with Crippen LogP contribution in [0, 0.1) is 0 Å². The number of benzene rings is 1. The summed E-state index contributed by atoms with van der Waals surface area (Å²) in [4.78, 5) is 0. The van der Waals surface area contributed by atoms with Crippen LogP contribution in [-0.4, -0.2) is 6.54 Å². The van der Waals surface area contributed by atoms with Gasteiger partial charge in [0.2, 0.25) is 0 Å².